The van der Waals surface area contributed by atoms with Crippen molar-refractivity contribution >= 4 is 26.7 Å². The van der Waals surface area contributed by atoms with Crippen molar-refractivity contribution in [3.63, 3.8) is 0 Å². The molecule has 0 atom stereocenters. The quantitative estimate of drug-likeness (QED) is 0.370. The van der Waals surface area contributed by atoms with Gasteiger partial charge in [-0.3, -0.25) is 14.4 Å². The highest BCUT2D eigenvalue weighted by atomic mass is 31.2. The Balaban J connectivity index is 1.88. The Morgan fingerprint density at radius 2 is 0.724 bits per heavy atom. The van der Waals surface area contributed by atoms with Gasteiger partial charge in [-0.05, 0) is 72.8 Å². The van der Waals surface area contributed by atoms with E-state index in [2.05, 4.69) is 0 Å². The van der Waals surface area contributed by atoms with E-state index >= 15 is 0 Å². The Bertz CT molecular complexity index is 905. The summed E-state index contributed by atoms with van der Waals surface area (Å²) < 4.78 is 29.7. The summed E-state index contributed by atoms with van der Waals surface area (Å²) in [6, 6.07) is 17.7. The predicted octanol–water partition coefficient (Wildman–Crippen LogP) is 4.77. The van der Waals surface area contributed by atoms with Gasteiger partial charge in [0.15, 0.2) is 0 Å². The van der Waals surface area contributed by atoms with Crippen molar-refractivity contribution in [2.45, 2.75) is 0 Å². The van der Waals surface area contributed by atoms with Crippen LogP contribution in [-0.2, 0) is 4.57 Å². The van der Waals surface area contributed by atoms with Crippen LogP contribution in [0.1, 0.15) is 31.1 Å². The highest BCUT2D eigenvalue weighted by Crippen LogP contribution is 2.49. The van der Waals surface area contributed by atoms with Gasteiger partial charge >= 0.3 is 7.82 Å². The SMILES string of the molecule is O=Cc1ccc(OP(=O)(Oc2ccc(C=O)cc2)Oc2ccc(C=O)cc2)cc1. The van der Waals surface area contributed by atoms with Gasteiger partial charge < -0.3 is 13.6 Å². The lowest BCUT2D eigenvalue weighted by Gasteiger charge is -2.19. The first kappa shape index (κ1) is 20.0. The first-order valence-electron chi connectivity index (χ1n) is 8.38. The van der Waals surface area contributed by atoms with Gasteiger partial charge in [0, 0.05) is 16.7 Å². The number of aldehydes is 3. The fourth-order valence-electron chi connectivity index (χ4n) is 2.26. The fourth-order valence-corrected chi connectivity index (χ4v) is 3.52. The largest absolute Gasteiger partial charge is 0.647 e. The molecule has 0 N–H and O–H groups in total. The van der Waals surface area contributed by atoms with Crippen LogP contribution >= 0.6 is 7.82 Å². The monoisotopic (exact) mass is 410 g/mol. The lowest BCUT2D eigenvalue weighted by Crippen LogP contribution is -2.07. The van der Waals surface area contributed by atoms with Crippen molar-refractivity contribution in [1.82, 2.24) is 0 Å². The summed E-state index contributed by atoms with van der Waals surface area (Å²) >= 11 is 0. The van der Waals surface area contributed by atoms with Crippen molar-refractivity contribution in [2.75, 3.05) is 0 Å². The molecular weight excluding hydrogens is 395 g/mol. The lowest BCUT2D eigenvalue weighted by atomic mass is 10.2. The molecule has 3 aromatic carbocycles. The molecule has 0 saturated carbocycles. The number of rotatable bonds is 9. The van der Waals surface area contributed by atoms with Gasteiger partial charge in [-0.1, -0.05) is 0 Å². The molecule has 0 aromatic heterocycles. The predicted molar refractivity (Wildman–Crippen MR) is 105 cm³/mol. The molecule has 0 radical (unpaired) electrons. The van der Waals surface area contributed by atoms with Crippen LogP contribution in [0.5, 0.6) is 17.2 Å². The number of hydrogen-bond acceptors (Lipinski definition) is 7. The Hall–Kier alpha value is -3.70. The molecule has 3 aromatic rings. The van der Waals surface area contributed by atoms with Crippen molar-refractivity contribution in [1.29, 1.82) is 0 Å². The standard InChI is InChI=1S/C21H15O7P/c22-13-16-1-7-19(8-2-16)26-29(25,27-20-9-3-17(14-23)4-10-20)28-21-11-5-18(15-24)6-12-21/h1-15H. The minimum Gasteiger partial charge on any atom is -0.386 e. The highest BCUT2D eigenvalue weighted by molar-refractivity contribution is 7.49. The maximum atomic E-state index is 13.3. The fraction of sp³-hybridized carbons (Fsp3) is 0. The molecule has 0 spiro atoms. The Labute approximate surface area is 166 Å². The van der Waals surface area contributed by atoms with E-state index < -0.39 is 7.82 Å². The molecule has 0 heterocycles. The zero-order valence-electron chi connectivity index (χ0n) is 15.0. The third kappa shape index (κ3) is 5.40. The maximum Gasteiger partial charge on any atom is 0.647 e. The Morgan fingerprint density at radius 1 is 0.483 bits per heavy atom. The van der Waals surface area contributed by atoms with Gasteiger partial charge in [-0.2, -0.15) is 4.57 Å². The number of carbonyl (C=O) groups excluding carboxylic acids is 3. The molecule has 8 heteroatoms. The van der Waals surface area contributed by atoms with Crippen LogP contribution in [0.3, 0.4) is 0 Å². The van der Waals surface area contributed by atoms with E-state index in [4.69, 9.17) is 13.6 Å². The second kappa shape index (κ2) is 8.99. The second-order valence-electron chi connectivity index (χ2n) is 5.78. The minimum atomic E-state index is -4.22. The smallest absolute Gasteiger partial charge is 0.386 e. The Kier molecular flexibility index (Phi) is 6.22. The van der Waals surface area contributed by atoms with Gasteiger partial charge in [-0.15, -0.1) is 0 Å². The molecule has 29 heavy (non-hydrogen) atoms. The third-order valence-corrected chi connectivity index (χ3v) is 5.00. The molecule has 0 saturated heterocycles. The summed E-state index contributed by atoms with van der Waals surface area (Å²) in [5.74, 6) is 0.480. The summed E-state index contributed by atoms with van der Waals surface area (Å²) in [7, 11) is -4.22. The molecule has 0 aliphatic heterocycles. The molecule has 3 rings (SSSR count). The number of hydrogen-bond donors (Lipinski definition) is 0. The van der Waals surface area contributed by atoms with Crippen molar-refractivity contribution in [2.24, 2.45) is 0 Å². The van der Waals surface area contributed by atoms with E-state index in [0.29, 0.717) is 35.5 Å². The van der Waals surface area contributed by atoms with Crippen LogP contribution in [0.15, 0.2) is 72.8 Å². The molecule has 0 fully saturated rings. The third-order valence-electron chi connectivity index (χ3n) is 3.70. The highest BCUT2D eigenvalue weighted by Gasteiger charge is 2.33. The summed E-state index contributed by atoms with van der Waals surface area (Å²) in [6.07, 6.45) is 2.00. The number of benzene rings is 3. The first-order chi connectivity index (χ1) is 14.0. The molecule has 0 amide bonds. The van der Waals surface area contributed by atoms with Gasteiger partial charge in [0.1, 0.15) is 36.1 Å². The van der Waals surface area contributed by atoms with Crippen molar-refractivity contribution < 1.29 is 32.5 Å². The van der Waals surface area contributed by atoms with Crippen LogP contribution in [0.4, 0.5) is 0 Å². The number of carbonyl (C=O) groups is 3. The van der Waals surface area contributed by atoms with Gasteiger partial charge in [0.25, 0.3) is 0 Å². The molecule has 0 bridgehead atoms. The topological polar surface area (TPSA) is 96.0 Å². The van der Waals surface area contributed by atoms with Crippen LogP contribution in [0.2, 0.25) is 0 Å². The van der Waals surface area contributed by atoms with Crippen LogP contribution in [0.25, 0.3) is 0 Å². The molecule has 0 aliphatic carbocycles. The summed E-state index contributed by atoms with van der Waals surface area (Å²) in [4.78, 5) is 32.4. The molecule has 7 nitrogen and oxygen atoms in total. The Morgan fingerprint density at radius 3 is 0.931 bits per heavy atom. The minimum absolute atomic E-state index is 0.160. The zero-order valence-corrected chi connectivity index (χ0v) is 15.9. The summed E-state index contributed by atoms with van der Waals surface area (Å²) in [5, 5.41) is 0. The lowest BCUT2D eigenvalue weighted by molar-refractivity contribution is 0.111. The van der Waals surface area contributed by atoms with Crippen LogP contribution < -0.4 is 13.6 Å². The number of phosphoric acid groups is 1. The average molecular weight is 410 g/mol. The van der Waals surface area contributed by atoms with Gasteiger partial charge in [0.05, 0.1) is 0 Å². The van der Waals surface area contributed by atoms with E-state index in [1.54, 1.807) is 0 Å². The summed E-state index contributed by atoms with van der Waals surface area (Å²) in [5.41, 5.74) is 1.26. The van der Waals surface area contributed by atoms with E-state index in [1.165, 1.54) is 72.8 Å². The number of phosphoric ester groups is 1. The van der Waals surface area contributed by atoms with Gasteiger partial charge in [0.2, 0.25) is 0 Å². The molecule has 146 valence electrons. The van der Waals surface area contributed by atoms with E-state index in [9.17, 15) is 18.9 Å². The average Bonchev–Trinajstić information content (AvgIpc) is 2.75. The summed E-state index contributed by atoms with van der Waals surface area (Å²) in [6.45, 7) is 0. The normalized spacial score (nSPS) is 10.6. The van der Waals surface area contributed by atoms with E-state index in [-0.39, 0.29) is 17.2 Å². The van der Waals surface area contributed by atoms with Crippen LogP contribution in [0, 0.1) is 0 Å². The first-order valence-corrected chi connectivity index (χ1v) is 9.84. The van der Waals surface area contributed by atoms with E-state index in [1.807, 2.05) is 0 Å². The molecular formula is C21H15O7P. The molecule has 0 unspecified atom stereocenters. The molecule has 0 aliphatic rings. The van der Waals surface area contributed by atoms with Crippen LogP contribution in [-0.4, -0.2) is 18.9 Å². The van der Waals surface area contributed by atoms with Crippen molar-refractivity contribution in [3.8, 4) is 17.2 Å². The maximum absolute atomic E-state index is 13.3. The van der Waals surface area contributed by atoms with E-state index in [0.717, 1.165) is 0 Å². The van der Waals surface area contributed by atoms with Crippen molar-refractivity contribution in [3.05, 3.63) is 89.5 Å². The van der Waals surface area contributed by atoms with Gasteiger partial charge in [-0.25, -0.2) is 0 Å². The zero-order chi connectivity index (χ0) is 20.7. The second-order valence-corrected chi connectivity index (χ2v) is 7.22.